The zero-order valence-electron chi connectivity index (χ0n) is 15.6. The van der Waals surface area contributed by atoms with Crippen molar-refractivity contribution in [2.75, 3.05) is 0 Å². The van der Waals surface area contributed by atoms with Gasteiger partial charge in [-0.3, -0.25) is 0 Å². The summed E-state index contributed by atoms with van der Waals surface area (Å²) in [7, 11) is -2.03. The summed E-state index contributed by atoms with van der Waals surface area (Å²) < 4.78 is 18.3. The molecule has 0 aromatic heterocycles. The van der Waals surface area contributed by atoms with Crippen LogP contribution >= 0.6 is 0 Å². The topological polar surface area (TPSA) is 44.8 Å². The number of carbonyl (C=O) groups is 1. The average molecular weight is 331 g/mol. The van der Waals surface area contributed by atoms with Crippen LogP contribution in [0.1, 0.15) is 60.8 Å². The van der Waals surface area contributed by atoms with Gasteiger partial charge in [0, 0.05) is 0 Å². The Hall–Kier alpha value is -0.233. The third-order valence-electron chi connectivity index (χ3n) is 4.76. The Morgan fingerprint density at radius 1 is 1.27 bits per heavy atom. The maximum Gasteiger partial charge on any atom is 0.193 e. The zero-order chi connectivity index (χ0) is 17.2. The number of aldehydes is 1. The smallest absolute Gasteiger partial charge is 0.193 e. The molecule has 130 valence electrons. The molecule has 1 aliphatic heterocycles. The molecule has 0 amide bonds. The molecule has 3 atom stereocenters. The Balaban J connectivity index is 2.89. The van der Waals surface area contributed by atoms with Crippen molar-refractivity contribution in [3.63, 3.8) is 0 Å². The molecule has 1 fully saturated rings. The van der Waals surface area contributed by atoms with Crippen molar-refractivity contribution in [3.05, 3.63) is 0 Å². The first-order valence-corrected chi connectivity index (χ1v) is 11.3. The van der Waals surface area contributed by atoms with Crippen molar-refractivity contribution in [2.24, 2.45) is 0 Å². The summed E-state index contributed by atoms with van der Waals surface area (Å²) in [5.41, 5.74) is 0. The van der Waals surface area contributed by atoms with Crippen LogP contribution in [-0.4, -0.2) is 38.7 Å². The lowest BCUT2D eigenvalue weighted by molar-refractivity contribution is -0.155. The van der Waals surface area contributed by atoms with Gasteiger partial charge >= 0.3 is 0 Å². The molecule has 4 nitrogen and oxygen atoms in total. The van der Waals surface area contributed by atoms with Gasteiger partial charge in [-0.25, -0.2) is 0 Å². The molecular formula is C17H34O4Si. The van der Waals surface area contributed by atoms with E-state index < -0.39 is 20.2 Å². The number of hydrogen-bond donors (Lipinski definition) is 0. The Morgan fingerprint density at radius 3 is 2.32 bits per heavy atom. The predicted molar refractivity (Wildman–Crippen MR) is 91.5 cm³/mol. The van der Waals surface area contributed by atoms with Crippen molar-refractivity contribution < 1.29 is 18.7 Å². The molecule has 0 aliphatic carbocycles. The van der Waals surface area contributed by atoms with E-state index in [1.165, 1.54) is 0 Å². The standard InChI is InChI=1S/C17H34O4Si/c1-9-10-11-13-15(20-17(5,6)19-13)14(12-18)21-22(7,8)16(2,3)4/h12-15H,9-11H2,1-8H3/t13-,14-,15+/m0/s1. The second-order valence-electron chi connectivity index (χ2n) is 8.26. The number of ether oxygens (including phenoxy) is 2. The van der Waals surface area contributed by atoms with Gasteiger partial charge in [0.2, 0.25) is 0 Å². The molecule has 0 bridgehead atoms. The summed E-state index contributed by atoms with van der Waals surface area (Å²) in [6.07, 6.45) is 3.02. The van der Waals surface area contributed by atoms with Crippen molar-refractivity contribution in [1.82, 2.24) is 0 Å². The molecule has 1 heterocycles. The molecule has 1 saturated heterocycles. The van der Waals surface area contributed by atoms with E-state index >= 15 is 0 Å². The summed E-state index contributed by atoms with van der Waals surface area (Å²) in [4.78, 5) is 11.7. The van der Waals surface area contributed by atoms with Crippen LogP contribution in [0.4, 0.5) is 0 Å². The average Bonchev–Trinajstić information content (AvgIpc) is 2.67. The molecule has 1 rings (SSSR count). The Bertz CT molecular complexity index is 373. The summed E-state index contributed by atoms with van der Waals surface area (Å²) in [6, 6.07) is 0. The van der Waals surface area contributed by atoms with Crippen LogP contribution in [0.25, 0.3) is 0 Å². The fourth-order valence-electron chi connectivity index (χ4n) is 2.46. The predicted octanol–water partition coefficient (Wildman–Crippen LogP) is 4.29. The molecule has 0 unspecified atom stereocenters. The van der Waals surface area contributed by atoms with E-state index in [0.717, 1.165) is 25.5 Å². The highest BCUT2D eigenvalue weighted by Gasteiger charge is 2.48. The van der Waals surface area contributed by atoms with Crippen molar-refractivity contribution in [1.29, 1.82) is 0 Å². The Morgan fingerprint density at radius 2 is 1.86 bits per heavy atom. The summed E-state index contributed by atoms with van der Waals surface area (Å²) in [6.45, 7) is 16.8. The van der Waals surface area contributed by atoms with Gasteiger partial charge in [-0.15, -0.1) is 0 Å². The molecule has 0 spiro atoms. The normalized spacial score (nSPS) is 26.9. The van der Waals surface area contributed by atoms with Gasteiger partial charge < -0.3 is 18.7 Å². The van der Waals surface area contributed by atoms with E-state index in [1.54, 1.807) is 0 Å². The molecule has 0 radical (unpaired) electrons. The van der Waals surface area contributed by atoms with Crippen LogP contribution in [0.2, 0.25) is 18.1 Å². The summed E-state index contributed by atoms with van der Waals surface area (Å²) in [5, 5.41) is 0.0577. The van der Waals surface area contributed by atoms with Crippen LogP contribution in [-0.2, 0) is 18.7 Å². The first-order valence-electron chi connectivity index (χ1n) is 8.42. The lowest BCUT2D eigenvalue weighted by atomic mass is 10.0. The Kier molecular flexibility index (Phi) is 6.41. The highest BCUT2D eigenvalue weighted by atomic mass is 28.4. The monoisotopic (exact) mass is 330 g/mol. The third-order valence-corrected chi connectivity index (χ3v) is 9.23. The number of rotatable bonds is 7. The fraction of sp³-hybridized carbons (Fsp3) is 0.941. The first kappa shape index (κ1) is 19.8. The van der Waals surface area contributed by atoms with E-state index in [9.17, 15) is 4.79 Å². The first-order chi connectivity index (χ1) is 9.93. The van der Waals surface area contributed by atoms with E-state index in [-0.39, 0.29) is 17.2 Å². The third kappa shape index (κ3) is 4.88. The Labute approximate surface area is 137 Å². The van der Waals surface area contributed by atoms with Gasteiger partial charge in [0.05, 0.1) is 6.10 Å². The minimum absolute atomic E-state index is 0.0577. The fourth-order valence-corrected chi connectivity index (χ4v) is 3.68. The van der Waals surface area contributed by atoms with Crippen LogP contribution in [0, 0.1) is 0 Å². The largest absolute Gasteiger partial charge is 0.404 e. The van der Waals surface area contributed by atoms with Crippen molar-refractivity contribution in [3.8, 4) is 0 Å². The number of unbranched alkanes of at least 4 members (excludes halogenated alkanes) is 1. The van der Waals surface area contributed by atoms with Gasteiger partial charge in [0.25, 0.3) is 0 Å². The van der Waals surface area contributed by atoms with E-state index in [4.69, 9.17) is 13.9 Å². The van der Waals surface area contributed by atoms with E-state index in [1.807, 2.05) is 13.8 Å². The van der Waals surface area contributed by atoms with Gasteiger partial charge in [-0.1, -0.05) is 40.5 Å². The second-order valence-corrected chi connectivity index (χ2v) is 13.0. The summed E-state index contributed by atoms with van der Waals surface area (Å²) in [5.74, 6) is -0.652. The van der Waals surface area contributed by atoms with Crippen molar-refractivity contribution in [2.45, 2.75) is 103 Å². The van der Waals surface area contributed by atoms with E-state index in [0.29, 0.717) is 0 Å². The maximum atomic E-state index is 11.7. The molecule has 1 aliphatic rings. The number of hydrogen-bond acceptors (Lipinski definition) is 4. The van der Waals surface area contributed by atoms with Gasteiger partial charge in [0.15, 0.2) is 14.1 Å². The van der Waals surface area contributed by atoms with Crippen LogP contribution in [0.15, 0.2) is 0 Å². The van der Waals surface area contributed by atoms with Gasteiger partial charge in [0.1, 0.15) is 18.5 Å². The van der Waals surface area contributed by atoms with Crippen LogP contribution in [0.5, 0.6) is 0 Å². The maximum absolute atomic E-state index is 11.7. The highest BCUT2D eigenvalue weighted by Crippen LogP contribution is 2.40. The molecule has 0 N–H and O–H groups in total. The van der Waals surface area contributed by atoms with Crippen molar-refractivity contribution >= 4 is 14.6 Å². The van der Waals surface area contributed by atoms with Crippen LogP contribution < -0.4 is 0 Å². The molecule has 0 saturated carbocycles. The zero-order valence-corrected chi connectivity index (χ0v) is 16.6. The summed E-state index contributed by atoms with van der Waals surface area (Å²) >= 11 is 0. The molecule has 22 heavy (non-hydrogen) atoms. The lowest BCUT2D eigenvalue weighted by Crippen LogP contribution is -2.50. The minimum Gasteiger partial charge on any atom is -0.404 e. The molecule has 0 aromatic carbocycles. The molecular weight excluding hydrogens is 296 g/mol. The lowest BCUT2D eigenvalue weighted by Gasteiger charge is -2.39. The quantitative estimate of drug-likeness (QED) is 0.516. The van der Waals surface area contributed by atoms with Crippen LogP contribution in [0.3, 0.4) is 0 Å². The highest BCUT2D eigenvalue weighted by molar-refractivity contribution is 6.74. The molecule has 0 aromatic rings. The van der Waals surface area contributed by atoms with Gasteiger partial charge in [-0.05, 0) is 38.4 Å². The van der Waals surface area contributed by atoms with Gasteiger partial charge in [-0.2, -0.15) is 0 Å². The number of carbonyl (C=O) groups excluding carboxylic acids is 1. The second kappa shape index (κ2) is 7.12. The molecule has 5 heteroatoms. The van der Waals surface area contributed by atoms with E-state index in [2.05, 4.69) is 40.8 Å². The minimum atomic E-state index is -2.03. The SMILES string of the molecule is CCCC[C@@H]1OC(C)(C)O[C@H]1[C@H](C=O)O[Si](C)(C)C(C)(C)C.